The molecule has 47 heavy (non-hydrogen) atoms. The van der Waals surface area contributed by atoms with Gasteiger partial charge in [-0.05, 0) is 86.3 Å². The smallest absolute Gasteiger partial charge is 0.258 e. The molecule has 1 heterocycles. The molecule has 4 aromatic carbocycles. The summed E-state index contributed by atoms with van der Waals surface area (Å²) in [6.07, 6.45) is 7.43. The second-order valence-electron chi connectivity index (χ2n) is 12.2. The van der Waals surface area contributed by atoms with Gasteiger partial charge in [0.05, 0.1) is 5.69 Å². The lowest BCUT2D eigenvalue weighted by atomic mass is 9.98. The first-order valence-electron chi connectivity index (χ1n) is 16.4. The number of hydrogen-bond donors (Lipinski definition) is 1. The van der Waals surface area contributed by atoms with Crippen molar-refractivity contribution in [2.24, 2.45) is 0 Å². The Bertz CT molecular complexity index is 1700. The van der Waals surface area contributed by atoms with Crippen LogP contribution < -0.4 is 10.2 Å². The molecule has 0 bridgehead atoms. The van der Waals surface area contributed by atoms with Crippen molar-refractivity contribution in [3.8, 4) is 11.1 Å². The Hall–Kier alpha value is -5.01. The quantitative estimate of drug-likeness (QED) is 0.174. The molecule has 1 fully saturated rings. The van der Waals surface area contributed by atoms with Crippen molar-refractivity contribution < 1.29 is 14.4 Å². The topological polar surface area (TPSA) is 73.0 Å². The van der Waals surface area contributed by atoms with Crippen LogP contribution in [0.1, 0.15) is 57.5 Å². The molecule has 1 aliphatic heterocycles. The predicted octanol–water partition coefficient (Wildman–Crippen LogP) is 7.54. The summed E-state index contributed by atoms with van der Waals surface area (Å²) in [6.45, 7) is 5.57. The molecule has 1 aliphatic rings. The van der Waals surface area contributed by atoms with Crippen LogP contribution in [-0.2, 0) is 4.79 Å². The van der Waals surface area contributed by atoms with E-state index >= 15 is 0 Å². The fourth-order valence-electron chi connectivity index (χ4n) is 5.76. The third-order valence-electron chi connectivity index (χ3n) is 8.69. The molecule has 4 aromatic rings. The first kappa shape index (κ1) is 33.4. The Morgan fingerprint density at radius 3 is 2.23 bits per heavy atom. The molecule has 1 saturated heterocycles. The molecule has 242 valence electrons. The van der Waals surface area contributed by atoms with E-state index in [1.165, 1.54) is 0 Å². The van der Waals surface area contributed by atoms with E-state index in [1.54, 1.807) is 36.2 Å². The summed E-state index contributed by atoms with van der Waals surface area (Å²) in [4.78, 5) is 45.1. The highest BCUT2D eigenvalue weighted by molar-refractivity contribution is 6.10. The molecule has 7 nitrogen and oxygen atoms in total. The van der Waals surface area contributed by atoms with E-state index < -0.39 is 0 Å². The van der Waals surface area contributed by atoms with Gasteiger partial charge in [0.15, 0.2) is 0 Å². The number of carbonyl (C=O) groups is 3. The average Bonchev–Trinajstić information content (AvgIpc) is 3.10. The lowest BCUT2D eigenvalue weighted by Crippen LogP contribution is -2.47. The summed E-state index contributed by atoms with van der Waals surface area (Å²) in [6, 6.07) is 30.5. The summed E-state index contributed by atoms with van der Waals surface area (Å²) in [5.41, 5.74) is 6.48. The highest BCUT2D eigenvalue weighted by atomic mass is 16.2. The van der Waals surface area contributed by atoms with Gasteiger partial charge in [-0.2, -0.15) is 0 Å². The highest BCUT2D eigenvalue weighted by Gasteiger charge is 2.19. The monoisotopic (exact) mass is 628 g/mol. The summed E-state index contributed by atoms with van der Waals surface area (Å²) >= 11 is 0. The number of allylic oxidation sites excluding steroid dienone is 1. The van der Waals surface area contributed by atoms with E-state index in [4.69, 9.17) is 0 Å². The van der Waals surface area contributed by atoms with Crippen LogP contribution in [0.5, 0.6) is 0 Å². The van der Waals surface area contributed by atoms with Crippen LogP contribution >= 0.6 is 0 Å². The van der Waals surface area contributed by atoms with Crippen molar-refractivity contribution in [2.45, 2.75) is 32.6 Å². The van der Waals surface area contributed by atoms with E-state index in [9.17, 15) is 14.4 Å². The molecule has 0 aliphatic carbocycles. The van der Waals surface area contributed by atoms with Crippen LogP contribution in [-0.4, -0.2) is 67.8 Å². The average molecular weight is 629 g/mol. The van der Waals surface area contributed by atoms with E-state index in [0.717, 1.165) is 73.4 Å². The van der Waals surface area contributed by atoms with Gasteiger partial charge in [0.1, 0.15) is 0 Å². The number of carbonyl (C=O) groups excluding carboxylic acids is 3. The van der Waals surface area contributed by atoms with E-state index in [0.29, 0.717) is 23.2 Å². The van der Waals surface area contributed by atoms with Gasteiger partial charge in [0.25, 0.3) is 11.8 Å². The number of para-hydroxylation sites is 1. The largest absolute Gasteiger partial charge is 0.340 e. The standard InChI is InChI=1S/C40H44N4O3/c1-30-18-20-31(21-19-30)35-14-9-10-15-36(35)39(46)41-34-24-22-33(23-25-34)40(47)43(3)37-16-11-8-13-32(37)12-6-4-5-7-17-38(45)44-28-26-42(2)27-29-44/h6,8-16,18-25H,4-5,7,17,26-29H2,1-3H3,(H,41,46). The van der Waals surface area contributed by atoms with Crippen LogP contribution in [0.3, 0.4) is 0 Å². The summed E-state index contributed by atoms with van der Waals surface area (Å²) in [7, 11) is 3.87. The zero-order valence-corrected chi connectivity index (χ0v) is 27.6. The Labute approximate surface area is 278 Å². The molecule has 0 atom stereocenters. The number of piperazine rings is 1. The minimum atomic E-state index is -0.209. The number of likely N-dealkylation sites (N-methyl/N-ethyl adjacent to an activating group) is 1. The Balaban J connectivity index is 1.15. The first-order valence-corrected chi connectivity index (χ1v) is 16.4. The molecular formula is C40H44N4O3. The maximum atomic E-state index is 13.5. The summed E-state index contributed by atoms with van der Waals surface area (Å²) < 4.78 is 0. The van der Waals surface area contributed by atoms with Crippen LogP contribution in [0.15, 0.2) is 103 Å². The molecule has 0 saturated carbocycles. The number of unbranched alkanes of at least 4 members (excludes halogenated alkanes) is 2. The van der Waals surface area contributed by atoms with Gasteiger partial charge in [-0.15, -0.1) is 0 Å². The number of nitrogens with zero attached hydrogens (tertiary/aromatic N) is 3. The SMILES string of the molecule is Cc1ccc(-c2ccccc2C(=O)Nc2ccc(C(=O)N(C)c3ccccc3C=CCCCCC(=O)N3CCN(C)CC3)cc2)cc1. The van der Waals surface area contributed by atoms with Gasteiger partial charge in [0.2, 0.25) is 5.91 Å². The number of anilines is 2. The summed E-state index contributed by atoms with van der Waals surface area (Å²) in [5.74, 6) is -0.0954. The van der Waals surface area contributed by atoms with Crippen molar-refractivity contribution in [1.29, 1.82) is 0 Å². The fourth-order valence-corrected chi connectivity index (χ4v) is 5.76. The lowest BCUT2D eigenvalue weighted by Gasteiger charge is -2.32. The maximum absolute atomic E-state index is 13.5. The molecule has 0 aromatic heterocycles. The van der Waals surface area contributed by atoms with E-state index in [2.05, 4.69) is 29.4 Å². The van der Waals surface area contributed by atoms with Crippen LogP contribution in [0, 0.1) is 6.92 Å². The van der Waals surface area contributed by atoms with Gasteiger partial charge < -0.3 is 20.0 Å². The summed E-state index contributed by atoms with van der Waals surface area (Å²) in [5, 5.41) is 2.98. The number of hydrogen-bond acceptors (Lipinski definition) is 4. The normalized spacial score (nSPS) is 13.5. The molecule has 0 unspecified atom stereocenters. The molecule has 7 heteroatoms. The molecule has 0 radical (unpaired) electrons. The van der Waals surface area contributed by atoms with Crippen LogP contribution in [0.4, 0.5) is 11.4 Å². The van der Waals surface area contributed by atoms with Crippen molar-refractivity contribution in [3.05, 3.63) is 125 Å². The third-order valence-corrected chi connectivity index (χ3v) is 8.69. The molecule has 5 rings (SSSR count). The van der Waals surface area contributed by atoms with Gasteiger partial charge >= 0.3 is 0 Å². The van der Waals surface area contributed by atoms with Crippen molar-refractivity contribution in [3.63, 3.8) is 0 Å². The Kier molecular flexibility index (Phi) is 11.4. The number of aryl methyl sites for hydroxylation is 1. The van der Waals surface area contributed by atoms with Gasteiger partial charge in [-0.25, -0.2) is 0 Å². The number of rotatable bonds is 11. The van der Waals surface area contributed by atoms with Gasteiger partial charge in [-0.3, -0.25) is 14.4 Å². The first-order chi connectivity index (χ1) is 22.8. The van der Waals surface area contributed by atoms with E-state index in [1.807, 2.05) is 84.6 Å². The van der Waals surface area contributed by atoms with Gasteiger partial charge in [-0.1, -0.05) is 78.4 Å². The lowest BCUT2D eigenvalue weighted by molar-refractivity contribution is -0.132. The second-order valence-corrected chi connectivity index (χ2v) is 12.2. The zero-order chi connectivity index (χ0) is 33.2. The van der Waals surface area contributed by atoms with Gasteiger partial charge in [0, 0.05) is 56.5 Å². The third kappa shape index (κ3) is 8.83. The van der Waals surface area contributed by atoms with E-state index in [-0.39, 0.29) is 17.7 Å². The Morgan fingerprint density at radius 2 is 1.49 bits per heavy atom. The highest BCUT2D eigenvalue weighted by Crippen LogP contribution is 2.26. The number of nitrogens with one attached hydrogen (secondary N) is 1. The second kappa shape index (κ2) is 16.0. The fraction of sp³-hybridized carbons (Fsp3) is 0.275. The van der Waals surface area contributed by atoms with Crippen LogP contribution in [0.25, 0.3) is 17.2 Å². The number of amides is 3. The minimum absolute atomic E-state index is 0.143. The van der Waals surface area contributed by atoms with Crippen LogP contribution in [0.2, 0.25) is 0 Å². The van der Waals surface area contributed by atoms with Crippen molar-refractivity contribution in [1.82, 2.24) is 9.80 Å². The molecule has 3 amide bonds. The van der Waals surface area contributed by atoms with Crippen molar-refractivity contribution >= 4 is 35.2 Å². The molecular weight excluding hydrogens is 584 g/mol. The predicted molar refractivity (Wildman–Crippen MR) is 192 cm³/mol. The molecule has 1 N–H and O–H groups in total. The van der Waals surface area contributed by atoms with Crippen molar-refractivity contribution in [2.75, 3.05) is 50.5 Å². The zero-order valence-electron chi connectivity index (χ0n) is 27.6. The minimum Gasteiger partial charge on any atom is -0.340 e. The Morgan fingerprint density at radius 1 is 0.809 bits per heavy atom. The molecule has 0 spiro atoms. The number of benzene rings is 4. The maximum Gasteiger partial charge on any atom is 0.258 e.